The molecular formula is C18H23ClN2. The number of hydrogen-bond acceptors (Lipinski definition) is 1. The van der Waals surface area contributed by atoms with E-state index in [0.29, 0.717) is 5.41 Å². The Morgan fingerprint density at radius 2 is 2.05 bits per heavy atom. The summed E-state index contributed by atoms with van der Waals surface area (Å²) in [5.41, 5.74) is 3.07. The van der Waals surface area contributed by atoms with Gasteiger partial charge in [-0.1, -0.05) is 31.9 Å². The second-order valence-electron chi connectivity index (χ2n) is 7.62. The van der Waals surface area contributed by atoms with E-state index in [1.807, 2.05) is 6.20 Å². The maximum Gasteiger partial charge on any atom is 0.0685 e. The van der Waals surface area contributed by atoms with Crippen molar-refractivity contribution in [3.63, 3.8) is 0 Å². The predicted molar refractivity (Wildman–Crippen MR) is 87.5 cm³/mol. The largest absolute Gasteiger partial charge is 0.360 e. The quantitative estimate of drug-likeness (QED) is 0.824. The topological polar surface area (TPSA) is 28.7 Å². The molecule has 0 radical (unpaired) electrons. The van der Waals surface area contributed by atoms with Gasteiger partial charge in [-0.25, -0.2) is 0 Å². The molecule has 0 aromatic carbocycles. The maximum atomic E-state index is 6.28. The fourth-order valence-corrected chi connectivity index (χ4v) is 5.01. The molecule has 0 aliphatic heterocycles. The lowest BCUT2D eigenvalue weighted by Gasteiger charge is -2.16. The summed E-state index contributed by atoms with van der Waals surface area (Å²) in [6, 6.07) is 0. The van der Waals surface area contributed by atoms with Gasteiger partial charge in [0.15, 0.2) is 0 Å². The number of rotatable bonds is 4. The number of aryl methyl sites for hydroxylation is 1. The normalized spacial score (nSPS) is 29.8. The Hall–Kier alpha value is -1.02. The number of hydrogen-bond donors (Lipinski definition) is 1. The zero-order valence-corrected chi connectivity index (χ0v) is 13.6. The van der Waals surface area contributed by atoms with E-state index >= 15 is 0 Å². The number of nitrogens with zero attached hydrogens (tertiary/aromatic N) is 1. The molecule has 2 heterocycles. The maximum absolute atomic E-state index is 6.28. The number of fused-ring (bicyclic) bond motifs is 2. The van der Waals surface area contributed by atoms with Gasteiger partial charge in [0.05, 0.1) is 16.7 Å². The number of H-pyrrole nitrogens is 1. The first kappa shape index (κ1) is 13.6. The van der Waals surface area contributed by atoms with Crippen molar-refractivity contribution < 1.29 is 0 Å². The van der Waals surface area contributed by atoms with E-state index in [4.69, 9.17) is 11.6 Å². The highest BCUT2D eigenvalue weighted by Crippen LogP contribution is 2.68. The van der Waals surface area contributed by atoms with Gasteiger partial charge in [-0.05, 0) is 54.4 Å². The highest BCUT2D eigenvalue weighted by molar-refractivity contribution is 6.35. The lowest BCUT2D eigenvalue weighted by atomic mass is 9.89. The number of nitrogens with one attached hydrogen (secondary N) is 1. The van der Waals surface area contributed by atoms with Crippen molar-refractivity contribution in [1.82, 2.24) is 9.97 Å². The molecule has 2 aromatic heterocycles. The first-order valence-corrected chi connectivity index (χ1v) is 8.54. The zero-order valence-electron chi connectivity index (χ0n) is 12.8. The molecule has 2 aliphatic rings. The van der Waals surface area contributed by atoms with E-state index in [0.717, 1.165) is 34.7 Å². The van der Waals surface area contributed by atoms with E-state index in [1.54, 1.807) is 6.20 Å². The summed E-state index contributed by atoms with van der Waals surface area (Å²) in [4.78, 5) is 7.42. The van der Waals surface area contributed by atoms with Crippen LogP contribution in [-0.4, -0.2) is 9.97 Å². The van der Waals surface area contributed by atoms with Crippen LogP contribution in [-0.2, 0) is 6.42 Å². The Kier molecular flexibility index (Phi) is 3.08. The van der Waals surface area contributed by atoms with Gasteiger partial charge in [0.25, 0.3) is 0 Å². The second-order valence-corrected chi connectivity index (χ2v) is 8.03. The summed E-state index contributed by atoms with van der Waals surface area (Å²) in [7, 11) is 0. The van der Waals surface area contributed by atoms with Crippen molar-refractivity contribution in [2.75, 3.05) is 0 Å². The smallest absolute Gasteiger partial charge is 0.0685 e. The van der Waals surface area contributed by atoms with Crippen molar-refractivity contribution >= 4 is 22.5 Å². The van der Waals surface area contributed by atoms with Crippen LogP contribution in [0.1, 0.15) is 45.1 Å². The molecule has 1 N–H and O–H groups in total. The summed E-state index contributed by atoms with van der Waals surface area (Å²) in [6.45, 7) is 4.89. The van der Waals surface area contributed by atoms with E-state index < -0.39 is 0 Å². The molecule has 0 saturated heterocycles. The van der Waals surface area contributed by atoms with E-state index in [2.05, 4.69) is 30.0 Å². The molecule has 1 unspecified atom stereocenters. The first-order chi connectivity index (χ1) is 10.1. The van der Waals surface area contributed by atoms with Crippen molar-refractivity contribution in [1.29, 1.82) is 0 Å². The third-order valence-corrected chi connectivity index (χ3v) is 6.43. The van der Waals surface area contributed by atoms with Crippen LogP contribution in [0.3, 0.4) is 0 Å². The average molecular weight is 303 g/mol. The van der Waals surface area contributed by atoms with Crippen LogP contribution in [0, 0.1) is 23.2 Å². The highest BCUT2D eigenvalue weighted by atomic mass is 35.5. The molecule has 2 fully saturated rings. The number of aromatic nitrogens is 2. The molecule has 2 saturated carbocycles. The van der Waals surface area contributed by atoms with Gasteiger partial charge in [0, 0.05) is 17.8 Å². The Morgan fingerprint density at radius 3 is 2.81 bits per heavy atom. The van der Waals surface area contributed by atoms with Crippen LogP contribution in [0.15, 0.2) is 18.6 Å². The fourth-order valence-electron chi connectivity index (χ4n) is 4.73. The third-order valence-electron chi connectivity index (χ3n) is 6.14. The van der Waals surface area contributed by atoms with Crippen molar-refractivity contribution in [2.24, 2.45) is 23.2 Å². The minimum atomic E-state index is 0.661. The molecule has 2 aromatic rings. The van der Waals surface area contributed by atoms with E-state index in [1.165, 1.54) is 36.6 Å². The number of aromatic amines is 1. The number of halogens is 1. The van der Waals surface area contributed by atoms with Crippen molar-refractivity contribution in [3.8, 4) is 0 Å². The minimum absolute atomic E-state index is 0.661. The third kappa shape index (κ3) is 2.19. The molecule has 112 valence electrons. The second kappa shape index (κ2) is 4.74. The molecule has 3 heteroatoms. The molecule has 21 heavy (non-hydrogen) atoms. The lowest BCUT2D eigenvalue weighted by Crippen LogP contribution is -2.05. The molecule has 0 spiro atoms. The summed E-state index contributed by atoms with van der Waals surface area (Å²) < 4.78 is 0. The van der Waals surface area contributed by atoms with Crippen LogP contribution in [0.2, 0.25) is 5.02 Å². The summed E-state index contributed by atoms with van der Waals surface area (Å²) in [5.74, 6) is 3.02. The SMILES string of the molecule is CC1(C)[C@@H]2CC(CCCc3c[nH]c4cncc(Cl)c34)C[C@@H]21. The molecule has 2 nitrogen and oxygen atoms in total. The number of pyridine rings is 1. The monoisotopic (exact) mass is 302 g/mol. The Morgan fingerprint density at radius 1 is 1.29 bits per heavy atom. The molecule has 3 atom stereocenters. The van der Waals surface area contributed by atoms with Gasteiger partial charge < -0.3 is 4.98 Å². The van der Waals surface area contributed by atoms with Gasteiger partial charge in [-0.2, -0.15) is 0 Å². The Labute approximate surface area is 131 Å². The van der Waals surface area contributed by atoms with Gasteiger partial charge >= 0.3 is 0 Å². The van der Waals surface area contributed by atoms with Crippen LogP contribution in [0.5, 0.6) is 0 Å². The average Bonchev–Trinajstić information content (AvgIpc) is 2.87. The summed E-state index contributed by atoms with van der Waals surface area (Å²) >= 11 is 6.28. The van der Waals surface area contributed by atoms with Gasteiger partial charge in [-0.15, -0.1) is 0 Å². The van der Waals surface area contributed by atoms with Crippen LogP contribution >= 0.6 is 11.6 Å². The first-order valence-electron chi connectivity index (χ1n) is 8.17. The lowest BCUT2D eigenvalue weighted by molar-refractivity contribution is 0.353. The minimum Gasteiger partial charge on any atom is -0.360 e. The molecule has 4 rings (SSSR count). The molecule has 0 bridgehead atoms. The highest BCUT2D eigenvalue weighted by Gasteiger charge is 2.61. The van der Waals surface area contributed by atoms with Crippen molar-refractivity contribution in [2.45, 2.75) is 46.0 Å². The summed E-state index contributed by atoms with van der Waals surface area (Å²) in [5, 5.41) is 1.94. The van der Waals surface area contributed by atoms with Crippen LogP contribution in [0.4, 0.5) is 0 Å². The van der Waals surface area contributed by atoms with E-state index in [9.17, 15) is 0 Å². The molecule has 2 aliphatic carbocycles. The predicted octanol–water partition coefficient (Wildman–Crippen LogP) is 5.22. The van der Waals surface area contributed by atoms with Gasteiger partial charge in [0.1, 0.15) is 0 Å². The van der Waals surface area contributed by atoms with Crippen molar-refractivity contribution in [3.05, 3.63) is 29.2 Å². The Balaban J connectivity index is 1.35. The fraction of sp³-hybridized carbons (Fsp3) is 0.611. The standard InChI is InChI=1S/C18H23ClN2/c1-18(2)13-6-11(7-14(13)18)4-3-5-12-8-21-16-10-20-9-15(19)17(12)16/h8-11,13-14,21H,3-7H2,1-2H3/t11?,13-,14+. The van der Waals surface area contributed by atoms with E-state index in [-0.39, 0.29) is 0 Å². The van der Waals surface area contributed by atoms with Gasteiger partial charge in [-0.3, -0.25) is 4.98 Å². The summed E-state index contributed by atoms with van der Waals surface area (Å²) in [6.07, 6.45) is 12.4. The van der Waals surface area contributed by atoms with Crippen LogP contribution < -0.4 is 0 Å². The van der Waals surface area contributed by atoms with Gasteiger partial charge in [0.2, 0.25) is 0 Å². The Bertz CT molecular complexity index is 659. The zero-order chi connectivity index (χ0) is 14.6. The molecule has 0 amide bonds. The molecular weight excluding hydrogens is 280 g/mol. The van der Waals surface area contributed by atoms with Crippen LogP contribution in [0.25, 0.3) is 10.9 Å².